The van der Waals surface area contributed by atoms with Crippen LogP contribution in [0.3, 0.4) is 0 Å². The van der Waals surface area contributed by atoms with Gasteiger partial charge in [-0.15, -0.1) is 0 Å². The van der Waals surface area contributed by atoms with E-state index in [-0.39, 0.29) is 2.85 Å². The van der Waals surface area contributed by atoms with Gasteiger partial charge in [0.05, 0.1) is 0 Å². The molecule has 0 unspecified atom stereocenters. The Morgan fingerprint density at radius 1 is 0.941 bits per heavy atom. The van der Waals surface area contributed by atoms with Crippen molar-refractivity contribution < 1.29 is 26.1 Å². The number of hydrogen-bond acceptors (Lipinski definition) is 0. The fourth-order valence-electron chi connectivity index (χ4n) is 2.55. The van der Waals surface area contributed by atoms with Crippen LogP contribution in [-0.2, 0) is 23.2 Å². The van der Waals surface area contributed by atoms with Crippen LogP contribution < -0.4 is 0 Å². The Morgan fingerprint density at radius 3 is 1.82 bits per heavy atom. The average molecular weight is 308 g/mol. The molecule has 0 aliphatic heterocycles. The van der Waals surface area contributed by atoms with E-state index in [4.69, 9.17) is 0 Å². The van der Waals surface area contributed by atoms with Gasteiger partial charge in [0.25, 0.3) is 0 Å². The average Bonchev–Trinajstić information content (AvgIpc) is 2.92. The van der Waals surface area contributed by atoms with Crippen LogP contribution in [0.5, 0.6) is 0 Å². The molecule has 0 bridgehead atoms. The zero-order chi connectivity index (χ0) is 12.1. The third kappa shape index (κ3) is 3.41. The van der Waals surface area contributed by atoms with E-state index in [1.165, 1.54) is 38.5 Å². The summed E-state index contributed by atoms with van der Waals surface area (Å²) < 4.78 is 3.70. The number of hydrogen-bond donors (Lipinski definition) is 0. The Balaban J connectivity index is 0.00000162. The van der Waals surface area contributed by atoms with Gasteiger partial charge >= 0.3 is 118 Å². The third-order valence-corrected chi connectivity index (χ3v) is 7.46. The molecule has 0 aromatic rings. The Bertz CT molecular complexity index is 365. The Hall–Kier alpha value is -0.157. The first-order valence-electron chi connectivity index (χ1n) is 6.89. The molecule has 17 heavy (non-hydrogen) atoms. The fourth-order valence-corrected chi connectivity index (χ4v) is 6.34. The topological polar surface area (TPSA) is 0 Å². The van der Waals surface area contributed by atoms with Gasteiger partial charge < -0.3 is 2.85 Å². The minimum absolute atomic E-state index is 0. The molecular weight excluding hydrogens is 283 g/mol. The number of rotatable bonds is 6. The zero-order valence-electron chi connectivity index (χ0n) is 13.1. The van der Waals surface area contributed by atoms with Crippen molar-refractivity contribution in [1.29, 1.82) is 0 Å². The maximum atomic E-state index is 2.39. The summed E-state index contributed by atoms with van der Waals surface area (Å²) in [6.07, 6.45) is 17.3. The Labute approximate surface area is 120 Å². The first-order valence-corrected chi connectivity index (χ1v) is 9.35. The maximum Gasteiger partial charge on any atom is -1.00 e. The van der Waals surface area contributed by atoms with Gasteiger partial charge in [-0.05, 0) is 0 Å². The van der Waals surface area contributed by atoms with Crippen molar-refractivity contribution in [3.05, 3.63) is 42.0 Å². The molecule has 2 rings (SSSR count). The molecule has 0 nitrogen and oxygen atoms in total. The van der Waals surface area contributed by atoms with Crippen LogP contribution in [0.15, 0.2) is 42.0 Å². The van der Waals surface area contributed by atoms with Crippen LogP contribution in [-0.4, -0.2) is 0 Å². The molecule has 0 atom stereocenters. The van der Waals surface area contributed by atoms with Gasteiger partial charge in [0.1, 0.15) is 0 Å². The van der Waals surface area contributed by atoms with Gasteiger partial charge in [-0.1, -0.05) is 0 Å². The summed E-state index contributed by atoms with van der Waals surface area (Å²) >= 11 is -0.443. The van der Waals surface area contributed by atoms with Crippen LogP contribution in [0, 0.1) is 0 Å². The zero-order valence-corrected chi connectivity index (χ0v) is 13.5. The van der Waals surface area contributed by atoms with Crippen molar-refractivity contribution in [2.24, 2.45) is 0 Å². The smallest absolute Gasteiger partial charge is 1.00 e. The summed E-state index contributed by atoms with van der Waals surface area (Å²) in [5.74, 6) is 0. The van der Waals surface area contributed by atoms with Crippen LogP contribution in [0.4, 0.5) is 0 Å². The third-order valence-electron chi connectivity index (χ3n) is 3.40. The molecule has 0 amide bonds. The summed E-state index contributed by atoms with van der Waals surface area (Å²) in [6, 6.07) is 0. The summed E-state index contributed by atoms with van der Waals surface area (Å²) in [7, 11) is 0. The second kappa shape index (κ2) is 6.69. The van der Waals surface area contributed by atoms with E-state index < -0.39 is 23.2 Å². The van der Waals surface area contributed by atoms with Crippen LogP contribution in [0.2, 0.25) is 0 Å². The normalized spacial score (nSPS) is 18.5. The first-order chi connectivity index (χ1) is 8.35. The molecule has 0 saturated heterocycles. The van der Waals surface area contributed by atoms with Crippen LogP contribution in [0.25, 0.3) is 0 Å². The number of allylic oxidation sites excluding steroid dienone is 8. The van der Waals surface area contributed by atoms with E-state index in [1.54, 1.807) is 11.1 Å². The molecule has 2 aliphatic rings. The van der Waals surface area contributed by atoms with Gasteiger partial charge in [-0.2, -0.15) is 0 Å². The monoisotopic (exact) mass is 306 g/mol. The molecule has 0 heterocycles. The molecule has 0 radical (unpaired) electrons. The molecular formula is C16H24Zr. The van der Waals surface area contributed by atoms with Gasteiger partial charge in [0.2, 0.25) is 0 Å². The summed E-state index contributed by atoms with van der Waals surface area (Å²) in [5.41, 5.74) is 3.38. The maximum absolute atomic E-state index is 2.39. The van der Waals surface area contributed by atoms with E-state index in [1.807, 2.05) is 6.56 Å². The molecule has 1 heteroatoms. The summed E-state index contributed by atoms with van der Waals surface area (Å²) in [4.78, 5) is 0. The summed E-state index contributed by atoms with van der Waals surface area (Å²) in [6.45, 7) is 4.58. The molecule has 0 aromatic carbocycles. The molecule has 0 fully saturated rings. The van der Waals surface area contributed by atoms with Crippen molar-refractivity contribution in [2.75, 3.05) is 0 Å². The van der Waals surface area contributed by atoms with Crippen LogP contribution in [0.1, 0.15) is 55.2 Å². The van der Waals surface area contributed by atoms with Gasteiger partial charge in [0, 0.05) is 0 Å². The Kier molecular flexibility index (Phi) is 5.23. The van der Waals surface area contributed by atoms with E-state index >= 15 is 0 Å². The minimum Gasteiger partial charge on any atom is -1.00 e. The fraction of sp³-hybridized carbons (Fsp3) is 0.500. The standard InChI is InChI=1S/2C8H11.Zr.2H/c2*1-2-5-8-6-3-4-7-8;;;/h2*3,6H,2,4-5H2,1H3;;;/q;;+2;2*-1. The van der Waals surface area contributed by atoms with Crippen molar-refractivity contribution in [1.82, 2.24) is 0 Å². The molecule has 92 valence electrons. The minimum atomic E-state index is -0.443. The summed E-state index contributed by atoms with van der Waals surface area (Å²) in [5, 5.41) is 0. The van der Waals surface area contributed by atoms with Crippen molar-refractivity contribution in [3.8, 4) is 0 Å². The first kappa shape index (κ1) is 13.3. The largest absolute Gasteiger partial charge is 1.00 e. The van der Waals surface area contributed by atoms with Gasteiger partial charge in [0.15, 0.2) is 0 Å². The molecule has 2 aliphatic carbocycles. The van der Waals surface area contributed by atoms with E-state index in [9.17, 15) is 0 Å². The van der Waals surface area contributed by atoms with E-state index in [0.717, 1.165) is 0 Å². The van der Waals surface area contributed by atoms with Crippen molar-refractivity contribution in [3.63, 3.8) is 0 Å². The predicted molar refractivity (Wildman–Crippen MR) is 73.6 cm³/mol. The second-order valence-electron chi connectivity index (χ2n) is 4.85. The molecule has 0 saturated carbocycles. The van der Waals surface area contributed by atoms with Crippen molar-refractivity contribution in [2.45, 2.75) is 52.4 Å². The van der Waals surface area contributed by atoms with Crippen molar-refractivity contribution >= 4 is 0 Å². The van der Waals surface area contributed by atoms with E-state index in [2.05, 4.69) is 38.2 Å². The molecule has 0 N–H and O–H groups in total. The SMILES string of the molecule is CCCC1=[C]([Zr+2][C]2=C(CCC)C=CC2)CC=C1.[H-].[H-]. The Morgan fingerprint density at radius 2 is 1.41 bits per heavy atom. The van der Waals surface area contributed by atoms with Crippen LogP contribution >= 0.6 is 0 Å². The molecule has 0 aromatic heterocycles. The van der Waals surface area contributed by atoms with Gasteiger partial charge in [-0.25, -0.2) is 0 Å². The van der Waals surface area contributed by atoms with E-state index in [0.29, 0.717) is 0 Å². The van der Waals surface area contributed by atoms with Gasteiger partial charge in [-0.3, -0.25) is 0 Å². The molecule has 0 spiro atoms. The quantitative estimate of drug-likeness (QED) is 0.623. The second-order valence-corrected chi connectivity index (χ2v) is 8.43. The predicted octanol–water partition coefficient (Wildman–Crippen LogP) is 5.32.